The Kier molecular flexibility index (Phi) is 4.66. The predicted molar refractivity (Wildman–Crippen MR) is 75.4 cm³/mol. The van der Waals surface area contributed by atoms with Crippen LogP contribution in [0.5, 0.6) is 5.75 Å². The molecule has 0 aliphatic carbocycles. The topological polar surface area (TPSA) is 41.6 Å². The van der Waals surface area contributed by atoms with E-state index in [0.29, 0.717) is 0 Å². The maximum Gasteiger partial charge on any atom is 0.320 e. The molecule has 1 saturated heterocycles. The number of hydrogen-bond acceptors (Lipinski definition) is 2. The Hall–Kier alpha value is -1.71. The fourth-order valence-corrected chi connectivity index (χ4v) is 2.35. The van der Waals surface area contributed by atoms with Crippen LogP contribution in [-0.4, -0.2) is 30.8 Å². The minimum absolute atomic E-state index is 0.0236. The van der Waals surface area contributed by atoms with Crippen LogP contribution in [0.2, 0.25) is 0 Å². The number of piperidine rings is 1. The number of carbonyl (C=O) groups excluding carboxylic acids is 1. The van der Waals surface area contributed by atoms with Crippen LogP contribution in [0.15, 0.2) is 18.2 Å². The fourth-order valence-electron chi connectivity index (χ4n) is 2.35. The van der Waals surface area contributed by atoms with E-state index in [4.69, 9.17) is 4.74 Å². The van der Waals surface area contributed by atoms with Gasteiger partial charge < -0.3 is 15.0 Å². The standard InChI is InChI=1S/C15H22N2O2/c1-12-6-7-14(13(2)10-12)19-11-16-15(18)17-8-4-3-5-9-17/h6-7,10H,3-5,8-9,11H2,1-2H3,(H,16,18). The quantitative estimate of drug-likeness (QED) is 0.851. The van der Waals surface area contributed by atoms with Gasteiger partial charge in [-0.15, -0.1) is 0 Å². The number of nitrogens with one attached hydrogen (secondary N) is 1. The van der Waals surface area contributed by atoms with Gasteiger partial charge in [0.15, 0.2) is 6.73 Å². The lowest BCUT2D eigenvalue weighted by Crippen LogP contribution is -2.44. The van der Waals surface area contributed by atoms with Gasteiger partial charge in [-0.2, -0.15) is 0 Å². The van der Waals surface area contributed by atoms with Gasteiger partial charge in [0.25, 0.3) is 0 Å². The Morgan fingerprint density at radius 3 is 2.68 bits per heavy atom. The van der Waals surface area contributed by atoms with Gasteiger partial charge in [0.1, 0.15) is 5.75 Å². The summed E-state index contributed by atoms with van der Waals surface area (Å²) in [5, 5.41) is 2.81. The maximum absolute atomic E-state index is 11.9. The molecular formula is C15H22N2O2. The second-order valence-electron chi connectivity index (χ2n) is 5.09. The molecule has 0 atom stereocenters. The summed E-state index contributed by atoms with van der Waals surface area (Å²) < 4.78 is 5.59. The first-order valence-electron chi connectivity index (χ1n) is 6.89. The highest BCUT2D eigenvalue weighted by Crippen LogP contribution is 2.18. The van der Waals surface area contributed by atoms with Gasteiger partial charge in [0, 0.05) is 13.1 Å². The molecule has 4 nitrogen and oxygen atoms in total. The van der Waals surface area contributed by atoms with E-state index in [9.17, 15) is 4.79 Å². The van der Waals surface area contributed by atoms with Crippen molar-refractivity contribution in [2.75, 3.05) is 19.8 Å². The second-order valence-corrected chi connectivity index (χ2v) is 5.09. The van der Waals surface area contributed by atoms with E-state index in [2.05, 4.69) is 18.3 Å². The average molecular weight is 262 g/mol. The second kappa shape index (κ2) is 6.45. The number of rotatable bonds is 3. The van der Waals surface area contributed by atoms with E-state index in [1.54, 1.807) is 0 Å². The molecule has 1 heterocycles. The van der Waals surface area contributed by atoms with Gasteiger partial charge >= 0.3 is 6.03 Å². The highest BCUT2D eigenvalue weighted by atomic mass is 16.5. The first-order chi connectivity index (χ1) is 9.16. The van der Waals surface area contributed by atoms with E-state index in [1.165, 1.54) is 12.0 Å². The lowest BCUT2D eigenvalue weighted by atomic mass is 10.1. The van der Waals surface area contributed by atoms with Crippen LogP contribution in [0.4, 0.5) is 4.79 Å². The Morgan fingerprint density at radius 1 is 1.26 bits per heavy atom. The number of carbonyl (C=O) groups is 1. The summed E-state index contributed by atoms with van der Waals surface area (Å²) in [4.78, 5) is 13.7. The molecule has 1 aliphatic heterocycles. The number of amides is 2. The van der Waals surface area contributed by atoms with E-state index in [1.807, 2.05) is 24.0 Å². The Bertz CT molecular complexity index is 440. The van der Waals surface area contributed by atoms with Crippen LogP contribution in [0, 0.1) is 13.8 Å². The summed E-state index contributed by atoms with van der Waals surface area (Å²) in [5.41, 5.74) is 2.30. The molecule has 1 fully saturated rings. The summed E-state index contributed by atoms with van der Waals surface area (Å²) in [6, 6.07) is 6.00. The highest BCUT2D eigenvalue weighted by molar-refractivity contribution is 5.74. The van der Waals surface area contributed by atoms with Crippen LogP contribution in [-0.2, 0) is 0 Å². The summed E-state index contributed by atoms with van der Waals surface area (Å²) in [6.07, 6.45) is 3.43. The molecule has 0 bridgehead atoms. The van der Waals surface area contributed by atoms with Crippen molar-refractivity contribution in [1.29, 1.82) is 0 Å². The van der Waals surface area contributed by atoms with Crippen LogP contribution < -0.4 is 10.1 Å². The lowest BCUT2D eigenvalue weighted by Gasteiger charge is -2.26. The average Bonchev–Trinajstić information content (AvgIpc) is 2.42. The molecule has 0 aromatic heterocycles. The molecule has 1 aromatic carbocycles. The van der Waals surface area contributed by atoms with Crippen molar-refractivity contribution in [2.45, 2.75) is 33.1 Å². The summed E-state index contributed by atoms with van der Waals surface area (Å²) in [7, 11) is 0. The van der Waals surface area contributed by atoms with Gasteiger partial charge in [0.05, 0.1) is 0 Å². The number of aryl methyl sites for hydroxylation is 2. The van der Waals surface area contributed by atoms with Crippen molar-refractivity contribution in [1.82, 2.24) is 10.2 Å². The minimum atomic E-state index is -0.0236. The zero-order valence-corrected chi connectivity index (χ0v) is 11.7. The Balaban J connectivity index is 1.78. The number of hydrogen-bond donors (Lipinski definition) is 1. The highest BCUT2D eigenvalue weighted by Gasteiger charge is 2.15. The van der Waals surface area contributed by atoms with Crippen molar-refractivity contribution in [3.05, 3.63) is 29.3 Å². The number of nitrogens with zero attached hydrogens (tertiary/aromatic N) is 1. The molecule has 1 aliphatic rings. The number of ether oxygens (including phenoxy) is 1. The third-order valence-electron chi connectivity index (χ3n) is 3.42. The fraction of sp³-hybridized carbons (Fsp3) is 0.533. The largest absolute Gasteiger partial charge is 0.473 e. The Labute approximate surface area is 114 Å². The molecule has 0 radical (unpaired) electrons. The van der Waals surface area contributed by atoms with Crippen LogP contribution in [0.1, 0.15) is 30.4 Å². The molecule has 2 amide bonds. The van der Waals surface area contributed by atoms with Crippen molar-refractivity contribution in [3.63, 3.8) is 0 Å². The zero-order valence-electron chi connectivity index (χ0n) is 11.7. The van der Waals surface area contributed by atoms with Gasteiger partial charge in [-0.3, -0.25) is 0 Å². The zero-order chi connectivity index (χ0) is 13.7. The molecule has 0 spiro atoms. The number of urea groups is 1. The molecule has 19 heavy (non-hydrogen) atoms. The third-order valence-corrected chi connectivity index (χ3v) is 3.42. The molecule has 4 heteroatoms. The summed E-state index contributed by atoms with van der Waals surface area (Å²) >= 11 is 0. The molecule has 0 unspecified atom stereocenters. The van der Waals surface area contributed by atoms with Crippen LogP contribution >= 0.6 is 0 Å². The molecule has 104 valence electrons. The van der Waals surface area contributed by atoms with Gasteiger partial charge in [-0.1, -0.05) is 17.7 Å². The predicted octanol–water partition coefficient (Wildman–Crippen LogP) is 2.84. The van der Waals surface area contributed by atoms with Crippen molar-refractivity contribution in [3.8, 4) is 5.75 Å². The normalized spacial score (nSPS) is 15.2. The van der Waals surface area contributed by atoms with E-state index in [0.717, 1.165) is 37.2 Å². The molecule has 1 N–H and O–H groups in total. The first-order valence-corrected chi connectivity index (χ1v) is 6.89. The number of likely N-dealkylation sites (tertiary alicyclic amines) is 1. The van der Waals surface area contributed by atoms with E-state index >= 15 is 0 Å². The molecule has 0 saturated carbocycles. The Morgan fingerprint density at radius 2 is 2.00 bits per heavy atom. The third kappa shape index (κ3) is 3.88. The summed E-state index contributed by atoms with van der Waals surface area (Å²) in [5.74, 6) is 0.824. The molecule has 2 rings (SSSR count). The van der Waals surface area contributed by atoms with Crippen molar-refractivity contribution < 1.29 is 9.53 Å². The lowest BCUT2D eigenvalue weighted by molar-refractivity contribution is 0.174. The van der Waals surface area contributed by atoms with E-state index in [-0.39, 0.29) is 12.8 Å². The monoisotopic (exact) mass is 262 g/mol. The van der Waals surface area contributed by atoms with Crippen molar-refractivity contribution >= 4 is 6.03 Å². The van der Waals surface area contributed by atoms with Crippen molar-refractivity contribution in [2.24, 2.45) is 0 Å². The summed E-state index contributed by atoms with van der Waals surface area (Å²) in [6.45, 7) is 5.99. The smallest absolute Gasteiger partial charge is 0.320 e. The molecular weight excluding hydrogens is 240 g/mol. The SMILES string of the molecule is Cc1ccc(OCNC(=O)N2CCCCC2)c(C)c1. The minimum Gasteiger partial charge on any atom is -0.473 e. The van der Waals surface area contributed by atoms with E-state index < -0.39 is 0 Å². The van der Waals surface area contributed by atoms with Gasteiger partial charge in [0.2, 0.25) is 0 Å². The molecule has 1 aromatic rings. The van der Waals surface area contributed by atoms with Gasteiger partial charge in [-0.25, -0.2) is 4.79 Å². The van der Waals surface area contributed by atoms with Crippen LogP contribution in [0.3, 0.4) is 0 Å². The first kappa shape index (κ1) is 13.7. The number of benzene rings is 1. The maximum atomic E-state index is 11.9. The van der Waals surface area contributed by atoms with Gasteiger partial charge in [-0.05, 0) is 44.7 Å². The van der Waals surface area contributed by atoms with Crippen LogP contribution in [0.25, 0.3) is 0 Å².